The van der Waals surface area contributed by atoms with Crippen molar-refractivity contribution in [2.24, 2.45) is 45.3 Å². The first kappa shape index (κ1) is 25.7. The van der Waals surface area contributed by atoms with E-state index in [9.17, 15) is 19.8 Å². The Bertz CT molecular complexity index is 928. The SMILES string of the molecule is CC(CC(=O)C[C@@H](C)C1=CC[C@@]2(C)[C@@H]3CC[C@H]4C(C)(C)[C@@H](O)CC[C@]4(C)C3=CC[C@]12C)C(=O)O. The number of carbonyl (C=O) groups excluding carboxylic acids is 1. The largest absolute Gasteiger partial charge is 0.481 e. The van der Waals surface area contributed by atoms with E-state index in [4.69, 9.17) is 0 Å². The molecule has 0 saturated heterocycles. The molecule has 0 aromatic heterocycles. The molecule has 34 heavy (non-hydrogen) atoms. The summed E-state index contributed by atoms with van der Waals surface area (Å²) in [6.45, 7) is 15.7. The molecule has 4 heteroatoms. The lowest BCUT2D eigenvalue weighted by molar-refractivity contribution is -0.143. The molecule has 0 aliphatic heterocycles. The number of allylic oxidation sites excluding steroid dienone is 4. The van der Waals surface area contributed by atoms with E-state index in [0.29, 0.717) is 18.3 Å². The Morgan fingerprint density at radius 1 is 1.00 bits per heavy atom. The van der Waals surface area contributed by atoms with Gasteiger partial charge in [-0.15, -0.1) is 0 Å². The summed E-state index contributed by atoms with van der Waals surface area (Å²) >= 11 is 0. The van der Waals surface area contributed by atoms with Gasteiger partial charge >= 0.3 is 5.97 Å². The topological polar surface area (TPSA) is 74.6 Å². The van der Waals surface area contributed by atoms with Crippen LogP contribution in [0, 0.1) is 45.3 Å². The highest BCUT2D eigenvalue weighted by Crippen LogP contribution is 2.71. The number of rotatable bonds is 6. The molecule has 0 aromatic rings. The van der Waals surface area contributed by atoms with Gasteiger partial charge in [-0.05, 0) is 77.9 Å². The minimum absolute atomic E-state index is 0.0339. The molecule has 0 aromatic carbocycles. The molecule has 2 saturated carbocycles. The second-order valence-electron chi connectivity index (χ2n) is 13.5. The summed E-state index contributed by atoms with van der Waals surface area (Å²) in [5.74, 6) is -0.252. The van der Waals surface area contributed by atoms with Gasteiger partial charge in [0.25, 0.3) is 0 Å². The maximum absolute atomic E-state index is 12.7. The Labute approximate surface area is 206 Å². The average Bonchev–Trinajstić information content (AvgIpc) is 3.02. The first-order valence-electron chi connectivity index (χ1n) is 13.5. The number of carboxylic acid groups (broad SMARTS) is 1. The Morgan fingerprint density at radius 3 is 2.32 bits per heavy atom. The summed E-state index contributed by atoms with van der Waals surface area (Å²) < 4.78 is 0. The molecule has 4 aliphatic rings. The molecule has 2 fully saturated rings. The van der Waals surface area contributed by atoms with Crippen molar-refractivity contribution >= 4 is 11.8 Å². The minimum Gasteiger partial charge on any atom is -0.481 e. The number of aliphatic hydroxyl groups is 1. The van der Waals surface area contributed by atoms with Crippen molar-refractivity contribution in [3.63, 3.8) is 0 Å². The van der Waals surface area contributed by atoms with Crippen molar-refractivity contribution in [3.05, 3.63) is 23.3 Å². The number of aliphatic hydroxyl groups excluding tert-OH is 1. The van der Waals surface area contributed by atoms with Crippen LogP contribution in [-0.4, -0.2) is 28.1 Å². The number of aliphatic carboxylic acids is 1. The van der Waals surface area contributed by atoms with Crippen molar-refractivity contribution in [1.29, 1.82) is 0 Å². The maximum Gasteiger partial charge on any atom is 0.306 e. The highest BCUT2D eigenvalue weighted by atomic mass is 16.4. The molecule has 0 heterocycles. The lowest BCUT2D eigenvalue weighted by atomic mass is 9.41. The zero-order valence-corrected chi connectivity index (χ0v) is 22.4. The molecule has 1 unspecified atom stereocenters. The van der Waals surface area contributed by atoms with Gasteiger partial charge in [0, 0.05) is 12.8 Å². The first-order chi connectivity index (χ1) is 15.7. The molecule has 0 radical (unpaired) electrons. The lowest BCUT2D eigenvalue weighted by Crippen LogP contribution is -2.57. The minimum atomic E-state index is -0.895. The number of Topliss-reactive ketones (excluding diaryl/α,β-unsaturated/α-hetero) is 1. The molecule has 4 aliphatic carbocycles. The zero-order valence-electron chi connectivity index (χ0n) is 22.4. The van der Waals surface area contributed by atoms with Crippen LogP contribution in [0.4, 0.5) is 0 Å². The van der Waals surface area contributed by atoms with Crippen molar-refractivity contribution in [2.45, 2.75) is 106 Å². The van der Waals surface area contributed by atoms with Gasteiger partial charge in [0.2, 0.25) is 0 Å². The van der Waals surface area contributed by atoms with Gasteiger partial charge < -0.3 is 10.2 Å². The Hall–Kier alpha value is -1.42. The highest BCUT2D eigenvalue weighted by Gasteiger charge is 2.63. The third-order valence-corrected chi connectivity index (χ3v) is 11.4. The first-order valence-corrected chi connectivity index (χ1v) is 13.5. The van der Waals surface area contributed by atoms with E-state index in [1.165, 1.54) is 18.4 Å². The summed E-state index contributed by atoms with van der Waals surface area (Å²) in [7, 11) is 0. The van der Waals surface area contributed by atoms with E-state index in [0.717, 1.165) is 25.7 Å². The van der Waals surface area contributed by atoms with Gasteiger partial charge in [-0.1, -0.05) is 71.8 Å². The van der Waals surface area contributed by atoms with Gasteiger partial charge in [-0.25, -0.2) is 0 Å². The number of fused-ring (bicyclic) bond motifs is 5. The van der Waals surface area contributed by atoms with Crippen molar-refractivity contribution in [2.75, 3.05) is 0 Å². The van der Waals surface area contributed by atoms with Gasteiger partial charge in [0.05, 0.1) is 12.0 Å². The van der Waals surface area contributed by atoms with Crippen LogP contribution in [0.5, 0.6) is 0 Å². The van der Waals surface area contributed by atoms with Crippen LogP contribution in [0.1, 0.15) is 99.8 Å². The highest BCUT2D eigenvalue weighted by molar-refractivity contribution is 5.84. The van der Waals surface area contributed by atoms with Gasteiger partial charge in [-0.3, -0.25) is 9.59 Å². The van der Waals surface area contributed by atoms with Gasteiger partial charge in [0.15, 0.2) is 0 Å². The summed E-state index contributed by atoms with van der Waals surface area (Å²) in [6.07, 6.45) is 11.7. The molecule has 190 valence electrons. The summed E-state index contributed by atoms with van der Waals surface area (Å²) in [6, 6.07) is 0. The van der Waals surface area contributed by atoms with Crippen LogP contribution in [0.15, 0.2) is 23.3 Å². The fourth-order valence-corrected chi connectivity index (χ4v) is 9.00. The fourth-order valence-electron chi connectivity index (χ4n) is 9.00. The second kappa shape index (κ2) is 8.32. The number of carbonyl (C=O) groups is 2. The van der Waals surface area contributed by atoms with E-state index in [1.807, 2.05) is 0 Å². The van der Waals surface area contributed by atoms with Gasteiger partial charge in [-0.2, -0.15) is 0 Å². The van der Waals surface area contributed by atoms with Crippen LogP contribution in [-0.2, 0) is 9.59 Å². The molecule has 4 nitrogen and oxygen atoms in total. The summed E-state index contributed by atoms with van der Waals surface area (Å²) in [4.78, 5) is 23.9. The van der Waals surface area contributed by atoms with Crippen molar-refractivity contribution < 1.29 is 19.8 Å². The molecular weight excluding hydrogens is 424 g/mol. The summed E-state index contributed by atoms with van der Waals surface area (Å²) in [5.41, 5.74) is 3.35. The van der Waals surface area contributed by atoms with E-state index in [2.05, 4.69) is 53.7 Å². The molecular formula is C30H46O4. The number of hydrogen-bond donors (Lipinski definition) is 2. The van der Waals surface area contributed by atoms with E-state index in [-0.39, 0.29) is 45.9 Å². The second-order valence-corrected chi connectivity index (χ2v) is 13.5. The average molecular weight is 471 g/mol. The molecule has 0 spiro atoms. The van der Waals surface area contributed by atoms with E-state index in [1.54, 1.807) is 12.5 Å². The molecule has 0 bridgehead atoms. The van der Waals surface area contributed by atoms with Crippen LogP contribution in [0.3, 0.4) is 0 Å². The van der Waals surface area contributed by atoms with Crippen molar-refractivity contribution in [3.8, 4) is 0 Å². The third kappa shape index (κ3) is 3.57. The smallest absolute Gasteiger partial charge is 0.306 e. The summed E-state index contributed by atoms with van der Waals surface area (Å²) in [5, 5.41) is 20.0. The third-order valence-electron chi connectivity index (χ3n) is 11.4. The number of ketones is 1. The number of hydrogen-bond acceptors (Lipinski definition) is 3. The molecule has 4 rings (SSSR count). The van der Waals surface area contributed by atoms with Crippen LogP contribution < -0.4 is 0 Å². The molecule has 8 atom stereocenters. The predicted molar refractivity (Wildman–Crippen MR) is 135 cm³/mol. The molecule has 2 N–H and O–H groups in total. The Kier molecular flexibility index (Phi) is 6.28. The lowest BCUT2D eigenvalue weighted by Gasteiger charge is -2.64. The van der Waals surface area contributed by atoms with Crippen LogP contribution in [0.25, 0.3) is 0 Å². The molecule has 0 amide bonds. The van der Waals surface area contributed by atoms with Crippen LogP contribution in [0.2, 0.25) is 0 Å². The maximum atomic E-state index is 12.7. The monoisotopic (exact) mass is 470 g/mol. The van der Waals surface area contributed by atoms with Gasteiger partial charge in [0.1, 0.15) is 5.78 Å². The van der Waals surface area contributed by atoms with E-state index < -0.39 is 11.9 Å². The fraction of sp³-hybridized carbons (Fsp3) is 0.800. The number of carboxylic acids is 1. The van der Waals surface area contributed by atoms with E-state index >= 15 is 0 Å². The normalized spacial score (nSPS) is 42.4. The quantitative estimate of drug-likeness (QED) is 0.430. The standard InChI is InChI=1S/C30H46O4/c1-18(16-20(31)17-19(2)26(33)34)21-10-14-30(7)23-8-9-24-27(3,4)25(32)12-13-28(24,5)22(23)11-15-29(21,30)6/h10-11,18-19,23-25,32H,8-9,12-17H2,1-7H3,(H,33,34)/t18-,19?,23-,24+,25+,28-,29-,30+/m1/s1. The zero-order chi connectivity index (χ0) is 25.3. The van der Waals surface area contributed by atoms with Crippen LogP contribution >= 0.6 is 0 Å². The van der Waals surface area contributed by atoms with Crippen molar-refractivity contribution in [1.82, 2.24) is 0 Å². The Morgan fingerprint density at radius 2 is 1.68 bits per heavy atom. The Balaban J connectivity index is 1.59. The predicted octanol–water partition coefficient (Wildman–Crippen LogP) is 6.58.